The maximum Gasteiger partial charge on any atom is 0.410 e. The van der Waals surface area contributed by atoms with Crippen LogP contribution in [0.1, 0.15) is 27.2 Å². The predicted molar refractivity (Wildman–Crippen MR) is 72.6 cm³/mol. The molecule has 1 rings (SSSR count). The monoisotopic (exact) mass is 271 g/mol. The van der Waals surface area contributed by atoms with Crippen LogP contribution in [0, 0.1) is 5.92 Å². The van der Waals surface area contributed by atoms with Gasteiger partial charge in [0.25, 0.3) is 0 Å². The molecule has 0 unspecified atom stereocenters. The lowest BCUT2D eigenvalue weighted by atomic mass is 10.1. The van der Waals surface area contributed by atoms with E-state index in [2.05, 4.69) is 0 Å². The lowest BCUT2D eigenvalue weighted by Gasteiger charge is -2.25. The quantitative estimate of drug-likeness (QED) is 0.818. The van der Waals surface area contributed by atoms with E-state index in [0.29, 0.717) is 25.6 Å². The zero-order valence-electron chi connectivity index (χ0n) is 12.3. The van der Waals surface area contributed by atoms with Crippen molar-refractivity contribution < 1.29 is 14.3 Å². The fourth-order valence-electron chi connectivity index (χ4n) is 2.12. The molecule has 6 heteroatoms. The summed E-state index contributed by atoms with van der Waals surface area (Å²) in [6.07, 6.45) is 0.615. The smallest absolute Gasteiger partial charge is 0.410 e. The zero-order chi connectivity index (χ0) is 14.6. The van der Waals surface area contributed by atoms with Crippen LogP contribution in [0.25, 0.3) is 0 Å². The van der Waals surface area contributed by atoms with Crippen molar-refractivity contribution in [1.29, 1.82) is 0 Å². The highest BCUT2D eigenvalue weighted by Gasteiger charge is 2.30. The van der Waals surface area contributed by atoms with E-state index in [9.17, 15) is 9.59 Å². The molecule has 0 aromatic rings. The average molecular weight is 271 g/mol. The molecule has 1 saturated heterocycles. The summed E-state index contributed by atoms with van der Waals surface area (Å²) in [6, 6.07) is 0. The molecule has 0 radical (unpaired) electrons. The number of hydrogen-bond acceptors (Lipinski definition) is 4. The molecule has 1 fully saturated rings. The molecule has 110 valence electrons. The van der Waals surface area contributed by atoms with Crippen molar-refractivity contribution >= 4 is 12.0 Å². The highest BCUT2D eigenvalue weighted by Crippen LogP contribution is 2.20. The first-order valence-corrected chi connectivity index (χ1v) is 6.65. The molecule has 2 amide bonds. The minimum atomic E-state index is -0.471. The first-order chi connectivity index (χ1) is 8.73. The Kier molecular flexibility index (Phi) is 5.17. The Morgan fingerprint density at radius 1 is 1.42 bits per heavy atom. The van der Waals surface area contributed by atoms with Gasteiger partial charge in [-0.15, -0.1) is 0 Å². The Bertz CT molecular complexity index is 339. The number of ether oxygens (including phenoxy) is 1. The summed E-state index contributed by atoms with van der Waals surface area (Å²) < 4.78 is 5.33. The molecule has 0 bridgehead atoms. The van der Waals surface area contributed by atoms with Crippen LogP contribution < -0.4 is 5.73 Å². The van der Waals surface area contributed by atoms with Crippen LogP contribution in [0.2, 0.25) is 0 Å². The summed E-state index contributed by atoms with van der Waals surface area (Å²) in [6.45, 7) is 7.54. The maximum atomic E-state index is 11.9. The average Bonchev–Trinajstić information content (AvgIpc) is 2.74. The molecule has 1 aliphatic rings. The van der Waals surface area contributed by atoms with Crippen LogP contribution in [0.15, 0.2) is 0 Å². The van der Waals surface area contributed by atoms with E-state index in [-0.39, 0.29) is 18.5 Å². The number of nitrogens with zero attached hydrogens (tertiary/aromatic N) is 2. The van der Waals surface area contributed by atoms with Crippen LogP contribution in [0.5, 0.6) is 0 Å². The van der Waals surface area contributed by atoms with Crippen molar-refractivity contribution in [3.8, 4) is 0 Å². The number of carbonyl (C=O) groups is 2. The molecule has 0 aromatic heterocycles. The molecular formula is C13H25N3O3. The van der Waals surface area contributed by atoms with Gasteiger partial charge in [-0.3, -0.25) is 4.79 Å². The molecule has 0 aromatic carbocycles. The van der Waals surface area contributed by atoms with E-state index in [1.807, 2.05) is 20.8 Å². The first kappa shape index (κ1) is 15.8. The van der Waals surface area contributed by atoms with E-state index in [1.165, 1.54) is 0 Å². The molecule has 2 N–H and O–H groups in total. The minimum absolute atomic E-state index is 0.0268. The van der Waals surface area contributed by atoms with Crippen molar-refractivity contribution in [2.45, 2.75) is 32.8 Å². The lowest BCUT2D eigenvalue weighted by molar-refractivity contribution is -0.128. The summed E-state index contributed by atoms with van der Waals surface area (Å²) in [7, 11) is 1.74. The molecule has 6 nitrogen and oxygen atoms in total. The summed E-state index contributed by atoms with van der Waals surface area (Å²) in [4.78, 5) is 26.6. The molecule has 0 saturated carbocycles. The van der Waals surface area contributed by atoms with Gasteiger partial charge in [0.05, 0.1) is 6.54 Å². The minimum Gasteiger partial charge on any atom is -0.444 e. The molecule has 19 heavy (non-hydrogen) atoms. The second-order valence-corrected chi connectivity index (χ2v) is 6.06. The summed E-state index contributed by atoms with van der Waals surface area (Å²) >= 11 is 0. The second-order valence-electron chi connectivity index (χ2n) is 6.06. The van der Waals surface area contributed by atoms with Gasteiger partial charge in [0.2, 0.25) is 5.91 Å². The van der Waals surface area contributed by atoms with Crippen LogP contribution in [-0.4, -0.2) is 60.6 Å². The number of likely N-dealkylation sites (N-methyl/N-ethyl adjacent to an activating group) is 1. The fraction of sp³-hybridized carbons (Fsp3) is 0.846. The Morgan fingerprint density at radius 3 is 2.58 bits per heavy atom. The molecule has 1 heterocycles. The van der Waals surface area contributed by atoms with E-state index < -0.39 is 5.60 Å². The van der Waals surface area contributed by atoms with Gasteiger partial charge in [0.1, 0.15) is 5.60 Å². The largest absolute Gasteiger partial charge is 0.444 e. The Morgan fingerprint density at radius 2 is 2.05 bits per heavy atom. The topological polar surface area (TPSA) is 75.9 Å². The highest BCUT2D eigenvalue weighted by molar-refractivity contribution is 5.77. The van der Waals surface area contributed by atoms with Crippen LogP contribution >= 0.6 is 0 Å². The zero-order valence-corrected chi connectivity index (χ0v) is 12.3. The van der Waals surface area contributed by atoms with Crippen molar-refractivity contribution in [3.05, 3.63) is 0 Å². The molecule has 1 aliphatic heterocycles. The van der Waals surface area contributed by atoms with Crippen molar-refractivity contribution in [2.24, 2.45) is 11.7 Å². The summed E-state index contributed by atoms with van der Waals surface area (Å²) in [5.41, 5.74) is 4.85. The van der Waals surface area contributed by atoms with Crippen molar-refractivity contribution in [1.82, 2.24) is 9.80 Å². The first-order valence-electron chi connectivity index (χ1n) is 6.65. The maximum absolute atomic E-state index is 11.9. The third-order valence-corrected chi connectivity index (χ3v) is 3.07. The number of carbonyl (C=O) groups excluding carboxylic acids is 2. The van der Waals surface area contributed by atoms with Crippen LogP contribution in [0.4, 0.5) is 4.79 Å². The molecular weight excluding hydrogens is 246 g/mol. The van der Waals surface area contributed by atoms with Gasteiger partial charge in [-0.05, 0) is 33.1 Å². The van der Waals surface area contributed by atoms with E-state index in [4.69, 9.17) is 10.5 Å². The van der Waals surface area contributed by atoms with Crippen molar-refractivity contribution in [2.75, 3.05) is 33.2 Å². The van der Waals surface area contributed by atoms with Gasteiger partial charge < -0.3 is 20.3 Å². The third-order valence-electron chi connectivity index (χ3n) is 3.07. The number of nitrogens with two attached hydrogens (primary N) is 1. The summed E-state index contributed by atoms with van der Waals surface area (Å²) in [5, 5.41) is 0. The second kappa shape index (κ2) is 6.23. The lowest BCUT2D eigenvalue weighted by Crippen LogP contribution is -2.38. The fourth-order valence-corrected chi connectivity index (χ4v) is 2.12. The molecule has 0 spiro atoms. The van der Waals surface area contributed by atoms with Gasteiger partial charge in [-0.1, -0.05) is 0 Å². The van der Waals surface area contributed by atoms with E-state index >= 15 is 0 Å². The van der Waals surface area contributed by atoms with Gasteiger partial charge in [0.15, 0.2) is 0 Å². The van der Waals surface area contributed by atoms with E-state index in [1.54, 1.807) is 16.8 Å². The highest BCUT2D eigenvalue weighted by atomic mass is 16.6. The van der Waals surface area contributed by atoms with Gasteiger partial charge in [0, 0.05) is 26.7 Å². The Labute approximate surface area is 114 Å². The van der Waals surface area contributed by atoms with Crippen LogP contribution in [0.3, 0.4) is 0 Å². The normalized spacial score (nSPS) is 19.4. The standard InChI is InChI=1S/C13H25N3O3/c1-13(2,3)19-12(18)16-6-5-10(9-16)8-15(4)11(17)7-14/h10H,5-9,14H2,1-4H3/t10-/m0/s1. The van der Waals surface area contributed by atoms with Crippen LogP contribution in [-0.2, 0) is 9.53 Å². The van der Waals surface area contributed by atoms with Gasteiger partial charge in [-0.2, -0.15) is 0 Å². The van der Waals surface area contributed by atoms with Gasteiger partial charge >= 0.3 is 6.09 Å². The predicted octanol–water partition coefficient (Wildman–Crippen LogP) is 0.661. The molecule has 0 aliphatic carbocycles. The van der Waals surface area contributed by atoms with Crippen molar-refractivity contribution in [3.63, 3.8) is 0 Å². The number of rotatable bonds is 3. The van der Waals surface area contributed by atoms with Gasteiger partial charge in [-0.25, -0.2) is 4.79 Å². The number of likely N-dealkylation sites (tertiary alicyclic amines) is 1. The Balaban J connectivity index is 2.41. The van der Waals surface area contributed by atoms with E-state index in [0.717, 1.165) is 6.42 Å². The Hall–Kier alpha value is -1.30. The number of hydrogen-bond donors (Lipinski definition) is 1. The SMILES string of the molecule is CN(C[C@@H]1CCN(C(=O)OC(C)(C)C)C1)C(=O)CN. The third kappa shape index (κ3) is 5.06. The molecule has 1 atom stereocenters. The number of amides is 2. The summed E-state index contributed by atoms with van der Waals surface area (Å²) in [5.74, 6) is 0.226.